The molecule has 0 spiro atoms. The van der Waals surface area contributed by atoms with E-state index in [2.05, 4.69) is 5.32 Å². The predicted molar refractivity (Wildman–Crippen MR) is 58.6 cm³/mol. The Balaban J connectivity index is 2.38. The molecule has 0 saturated carbocycles. The van der Waals surface area contributed by atoms with E-state index in [0.29, 0.717) is 19.5 Å². The van der Waals surface area contributed by atoms with Gasteiger partial charge in [0.05, 0.1) is 12.1 Å². The molecule has 2 N–H and O–H groups in total. The molecule has 1 aliphatic heterocycles. The zero-order valence-corrected chi connectivity index (χ0v) is 9.73. The van der Waals surface area contributed by atoms with Crippen LogP contribution in [0.4, 0.5) is 0 Å². The maximum Gasteiger partial charge on any atom is 0.223 e. The number of nitrogens with zero attached hydrogens (tertiary/aromatic N) is 2. The lowest BCUT2D eigenvalue weighted by atomic mass is 10.2. The molecule has 1 saturated heterocycles. The van der Waals surface area contributed by atoms with Crippen molar-refractivity contribution in [3.63, 3.8) is 0 Å². The maximum absolute atomic E-state index is 11.7. The summed E-state index contributed by atoms with van der Waals surface area (Å²) in [6, 6.07) is -0.0698. The molecule has 15 heavy (non-hydrogen) atoms. The van der Waals surface area contributed by atoms with Gasteiger partial charge < -0.3 is 20.2 Å². The van der Waals surface area contributed by atoms with Gasteiger partial charge in [0.2, 0.25) is 5.91 Å². The number of nitrogens with one attached hydrogen (secondary N) is 1. The Morgan fingerprint density at radius 3 is 2.53 bits per heavy atom. The molecule has 0 bridgehead atoms. The van der Waals surface area contributed by atoms with E-state index < -0.39 is 6.10 Å². The molecule has 1 heterocycles. The largest absolute Gasteiger partial charge is 0.390 e. The highest BCUT2D eigenvalue weighted by Gasteiger charge is 2.30. The third-order valence-electron chi connectivity index (χ3n) is 2.81. The molecular weight excluding hydrogens is 194 g/mol. The van der Waals surface area contributed by atoms with Crippen LogP contribution in [-0.4, -0.2) is 73.7 Å². The van der Waals surface area contributed by atoms with Crippen molar-refractivity contribution in [1.29, 1.82) is 0 Å². The summed E-state index contributed by atoms with van der Waals surface area (Å²) in [5, 5.41) is 12.7. The van der Waals surface area contributed by atoms with E-state index in [0.717, 1.165) is 6.54 Å². The average molecular weight is 215 g/mol. The second-order valence-electron chi connectivity index (χ2n) is 4.35. The quantitative estimate of drug-likeness (QED) is 0.614. The lowest BCUT2D eigenvalue weighted by Gasteiger charge is -2.26. The minimum atomic E-state index is -0.432. The molecule has 0 aromatic carbocycles. The Morgan fingerprint density at radius 1 is 1.40 bits per heavy atom. The third-order valence-corrected chi connectivity index (χ3v) is 2.81. The van der Waals surface area contributed by atoms with Crippen LogP contribution in [0.25, 0.3) is 0 Å². The molecule has 1 amide bonds. The minimum Gasteiger partial charge on any atom is -0.390 e. The van der Waals surface area contributed by atoms with E-state index in [4.69, 9.17) is 0 Å². The van der Waals surface area contributed by atoms with Crippen LogP contribution in [-0.2, 0) is 4.79 Å². The number of amides is 1. The summed E-state index contributed by atoms with van der Waals surface area (Å²) in [4.78, 5) is 15.4. The van der Waals surface area contributed by atoms with Crippen LogP contribution in [0.15, 0.2) is 0 Å². The standard InChI is InChI=1S/C10H21N3O2/c1-12(2)5-4-10(15)13(3)8-6-11-7-9(8)14/h8-9,11,14H,4-7H2,1-3H3/t8-,9-/m0/s1. The van der Waals surface area contributed by atoms with Crippen molar-refractivity contribution in [2.24, 2.45) is 0 Å². The molecule has 88 valence electrons. The lowest BCUT2D eigenvalue weighted by molar-refractivity contribution is -0.133. The molecule has 1 fully saturated rings. The number of hydrogen-bond acceptors (Lipinski definition) is 4. The number of hydrogen-bond donors (Lipinski definition) is 2. The summed E-state index contributed by atoms with van der Waals surface area (Å²) >= 11 is 0. The van der Waals surface area contributed by atoms with Gasteiger partial charge in [0.25, 0.3) is 0 Å². The van der Waals surface area contributed by atoms with Crippen LogP contribution in [0, 0.1) is 0 Å². The van der Waals surface area contributed by atoms with Crippen molar-refractivity contribution < 1.29 is 9.90 Å². The van der Waals surface area contributed by atoms with Crippen molar-refractivity contribution in [2.45, 2.75) is 18.6 Å². The van der Waals surface area contributed by atoms with Gasteiger partial charge in [0, 0.05) is 33.1 Å². The fourth-order valence-electron chi connectivity index (χ4n) is 1.73. The fourth-order valence-corrected chi connectivity index (χ4v) is 1.73. The molecule has 0 aromatic rings. The van der Waals surface area contributed by atoms with Crippen LogP contribution < -0.4 is 5.32 Å². The first-order chi connectivity index (χ1) is 7.02. The highest BCUT2D eigenvalue weighted by atomic mass is 16.3. The number of β-amino-alcohol motifs (C(OH)–C–C–N with tert-alkyl or cyclic N) is 1. The van der Waals surface area contributed by atoms with E-state index in [1.807, 2.05) is 19.0 Å². The molecule has 0 unspecified atom stereocenters. The minimum absolute atomic E-state index is 0.0698. The van der Waals surface area contributed by atoms with E-state index >= 15 is 0 Å². The summed E-state index contributed by atoms with van der Waals surface area (Å²) in [6.45, 7) is 2.01. The second-order valence-corrected chi connectivity index (χ2v) is 4.35. The van der Waals surface area contributed by atoms with Crippen molar-refractivity contribution in [3.8, 4) is 0 Å². The van der Waals surface area contributed by atoms with Crippen molar-refractivity contribution in [1.82, 2.24) is 15.1 Å². The molecule has 1 aliphatic rings. The first kappa shape index (κ1) is 12.4. The Bertz CT molecular complexity index is 221. The Labute approximate surface area is 91.0 Å². The van der Waals surface area contributed by atoms with Gasteiger partial charge in [0.15, 0.2) is 0 Å². The third kappa shape index (κ3) is 3.44. The SMILES string of the molecule is CN(C)CCC(=O)N(C)[C@H]1CNC[C@@H]1O. The molecule has 0 aliphatic carbocycles. The number of aliphatic hydroxyl groups excluding tert-OH is 1. The number of rotatable bonds is 4. The number of aliphatic hydroxyl groups is 1. The topological polar surface area (TPSA) is 55.8 Å². The Morgan fingerprint density at radius 2 is 2.07 bits per heavy atom. The smallest absolute Gasteiger partial charge is 0.223 e. The van der Waals surface area contributed by atoms with E-state index in [1.165, 1.54) is 0 Å². The average Bonchev–Trinajstić information content (AvgIpc) is 2.59. The summed E-state index contributed by atoms with van der Waals surface area (Å²) in [5.74, 6) is 0.0939. The van der Waals surface area contributed by atoms with Gasteiger partial charge in [0.1, 0.15) is 0 Å². The predicted octanol–water partition coefficient (Wildman–Crippen LogP) is -1.27. The van der Waals surface area contributed by atoms with Gasteiger partial charge in [-0.1, -0.05) is 0 Å². The van der Waals surface area contributed by atoms with Gasteiger partial charge in [-0.15, -0.1) is 0 Å². The molecule has 5 nitrogen and oxygen atoms in total. The number of carbonyl (C=O) groups is 1. The number of likely N-dealkylation sites (N-methyl/N-ethyl adjacent to an activating group) is 1. The maximum atomic E-state index is 11.7. The van der Waals surface area contributed by atoms with Gasteiger partial charge in [-0.05, 0) is 14.1 Å². The fraction of sp³-hybridized carbons (Fsp3) is 0.900. The highest BCUT2D eigenvalue weighted by Crippen LogP contribution is 2.08. The first-order valence-electron chi connectivity index (χ1n) is 5.31. The molecule has 0 aromatic heterocycles. The molecule has 2 atom stereocenters. The van der Waals surface area contributed by atoms with E-state index in [1.54, 1.807) is 11.9 Å². The zero-order chi connectivity index (χ0) is 11.4. The highest BCUT2D eigenvalue weighted by molar-refractivity contribution is 5.76. The number of carbonyl (C=O) groups excluding carboxylic acids is 1. The molecule has 1 rings (SSSR count). The van der Waals surface area contributed by atoms with Gasteiger partial charge in [-0.3, -0.25) is 4.79 Å². The molecule has 0 radical (unpaired) electrons. The first-order valence-corrected chi connectivity index (χ1v) is 5.31. The van der Waals surface area contributed by atoms with Crippen molar-refractivity contribution >= 4 is 5.91 Å². The van der Waals surface area contributed by atoms with Gasteiger partial charge in [-0.2, -0.15) is 0 Å². The van der Waals surface area contributed by atoms with E-state index in [-0.39, 0.29) is 11.9 Å². The summed E-state index contributed by atoms with van der Waals surface area (Å²) < 4.78 is 0. The van der Waals surface area contributed by atoms with Crippen LogP contribution in [0.3, 0.4) is 0 Å². The second kappa shape index (κ2) is 5.44. The summed E-state index contributed by atoms with van der Waals surface area (Å²) in [7, 11) is 5.65. The van der Waals surface area contributed by atoms with Crippen molar-refractivity contribution in [2.75, 3.05) is 40.8 Å². The lowest BCUT2D eigenvalue weighted by Crippen LogP contribution is -2.44. The summed E-state index contributed by atoms with van der Waals surface area (Å²) in [6.07, 6.45) is 0.0745. The Kier molecular flexibility index (Phi) is 4.50. The van der Waals surface area contributed by atoms with Crippen LogP contribution in [0.1, 0.15) is 6.42 Å². The van der Waals surface area contributed by atoms with Gasteiger partial charge in [-0.25, -0.2) is 0 Å². The van der Waals surface area contributed by atoms with E-state index in [9.17, 15) is 9.90 Å². The normalized spacial score (nSPS) is 25.9. The Hall–Kier alpha value is -0.650. The van der Waals surface area contributed by atoms with Crippen LogP contribution >= 0.6 is 0 Å². The molecular formula is C10H21N3O2. The van der Waals surface area contributed by atoms with Gasteiger partial charge >= 0.3 is 0 Å². The zero-order valence-electron chi connectivity index (χ0n) is 9.73. The van der Waals surface area contributed by atoms with Crippen LogP contribution in [0.2, 0.25) is 0 Å². The van der Waals surface area contributed by atoms with Crippen LogP contribution in [0.5, 0.6) is 0 Å². The summed E-state index contributed by atoms with van der Waals surface area (Å²) in [5.41, 5.74) is 0. The monoisotopic (exact) mass is 215 g/mol. The van der Waals surface area contributed by atoms with Crippen molar-refractivity contribution in [3.05, 3.63) is 0 Å². The molecule has 5 heteroatoms.